The number of hydrogen-bond acceptors (Lipinski definition) is 3. The molecule has 0 amide bonds. The summed E-state index contributed by atoms with van der Waals surface area (Å²) in [5.74, 6) is 1.76. The van der Waals surface area contributed by atoms with E-state index in [9.17, 15) is 0 Å². The number of rotatable bonds is 2. The maximum atomic E-state index is 5.43. The number of hydrogen-bond donors (Lipinski definition) is 1. The molecule has 0 aliphatic carbocycles. The average molecular weight is 240 g/mol. The lowest BCUT2D eigenvalue weighted by Gasteiger charge is -2.37. The molecule has 5 nitrogen and oxygen atoms in total. The van der Waals surface area contributed by atoms with Crippen LogP contribution < -0.4 is 5.32 Å². The van der Waals surface area contributed by atoms with Crippen LogP contribution in [0.2, 0.25) is 0 Å². The van der Waals surface area contributed by atoms with Gasteiger partial charge in [0.1, 0.15) is 0 Å². The zero-order valence-corrected chi connectivity index (χ0v) is 11.0. The van der Waals surface area contributed by atoms with Gasteiger partial charge in [0.15, 0.2) is 5.96 Å². The fourth-order valence-electron chi connectivity index (χ4n) is 2.65. The molecule has 0 spiro atoms. The minimum absolute atomic E-state index is 0.755. The van der Waals surface area contributed by atoms with Crippen molar-refractivity contribution in [3.8, 4) is 0 Å². The molecule has 2 aliphatic heterocycles. The zero-order valence-electron chi connectivity index (χ0n) is 11.0. The van der Waals surface area contributed by atoms with E-state index >= 15 is 0 Å². The molecule has 17 heavy (non-hydrogen) atoms. The van der Waals surface area contributed by atoms with Crippen molar-refractivity contribution in [2.24, 2.45) is 10.9 Å². The molecule has 1 unspecified atom stereocenters. The van der Waals surface area contributed by atoms with E-state index in [1.165, 1.54) is 13.0 Å². The van der Waals surface area contributed by atoms with Crippen LogP contribution in [0.4, 0.5) is 0 Å². The van der Waals surface area contributed by atoms with Crippen LogP contribution in [0.25, 0.3) is 0 Å². The third-order valence-electron chi connectivity index (χ3n) is 3.65. The monoisotopic (exact) mass is 240 g/mol. The number of nitrogens with one attached hydrogen (secondary N) is 1. The molecule has 2 saturated heterocycles. The van der Waals surface area contributed by atoms with Crippen LogP contribution in [-0.2, 0) is 4.74 Å². The lowest BCUT2D eigenvalue weighted by atomic mass is 10.1. The van der Waals surface area contributed by atoms with Gasteiger partial charge in [0.25, 0.3) is 0 Å². The third-order valence-corrected chi connectivity index (χ3v) is 3.65. The Kier molecular flexibility index (Phi) is 4.62. The Hall–Kier alpha value is -0.810. The van der Waals surface area contributed by atoms with Crippen molar-refractivity contribution in [2.75, 3.05) is 60.0 Å². The molecule has 1 atom stereocenters. The molecule has 5 heteroatoms. The normalized spacial score (nSPS) is 27.5. The molecule has 0 radical (unpaired) electrons. The Bertz CT molecular complexity index is 255. The second-order valence-electron chi connectivity index (χ2n) is 4.81. The van der Waals surface area contributed by atoms with E-state index in [2.05, 4.69) is 20.1 Å². The maximum Gasteiger partial charge on any atom is 0.193 e. The Labute approximate surface area is 104 Å². The van der Waals surface area contributed by atoms with E-state index < -0.39 is 0 Å². The lowest BCUT2D eigenvalue weighted by Crippen LogP contribution is -2.52. The molecule has 2 rings (SSSR count). The van der Waals surface area contributed by atoms with Crippen LogP contribution in [0.3, 0.4) is 0 Å². The highest BCUT2D eigenvalue weighted by Gasteiger charge is 2.23. The van der Waals surface area contributed by atoms with Crippen LogP contribution >= 0.6 is 0 Å². The summed E-state index contributed by atoms with van der Waals surface area (Å²) >= 11 is 0. The topological polar surface area (TPSA) is 40.1 Å². The van der Waals surface area contributed by atoms with Gasteiger partial charge in [-0.15, -0.1) is 0 Å². The standard InChI is InChI=1S/C12H24N4O/c1-13-12(14-2)16-6-4-15(5-7-16)9-11-3-8-17-10-11/h11H,3-10H2,1-2H3,(H,13,14). The predicted molar refractivity (Wildman–Crippen MR) is 69.4 cm³/mol. The first-order chi connectivity index (χ1) is 8.33. The van der Waals surface area contributed by atoms with Gasteiger partial charge in [-0.25, -0.2) is 0 Å². The molecule has 2 fully saturated rings. The summed E-state index contributed by atoms with van der Waals surface area (Å²) in [7, 11) is 3.78. The second-order valence-corrected chi connectivity index (χ2v) is 4.81. The van der Waals surface area contributed by atoms with Crippen LogP contribution in [0.5, 0.6) is 0 Å². The summed E-state index contributed by atoms with van der Waals surface area (Å²) in [5.41, 5.74) is 0. The molecule has 0 aromatic carbocycles. The number of piperazine rings is 1. The van der Waals surface area contributed by atoms with Gasteiger partial charge in [-0.3, -0.25) is 9.89 Å². The van der Waals surface area contributed by atoms with Crippen molar-refractivity contribution in [3.05, 3.63) is 0 Å². The molecular weight excluding hydrogens is 216 g/mol. The van der Waals surface area contributed by atoms with Gasteiger partial charge in [0, 0.05) is 53.4 Å². The highest BCUT2D eigenvalue weighted by molar-refractivity contribution is 5.79. The van der Waals surface area contributed by atoms with Gasteiger partial charge >= 0.3 is 0 Å². The van der Waals surface area contributed by atoms with Crippen molar-refractivity contribution < 1.29 is 4.74 Å². The SMILES string of the molecule is CN=C(NC)N1CCN(CC2CCOC2)CC1. The van der Waals surface area contributed by atoms with Gasteiger partial charge < -0.3 is 15.0 Å². The number of ether oxygens (including phenoxy) is 1. The van der Waals surface area contributed by atoms with Crippen LogP contribution in [0.1, 0.15) is 6.42 Å². The summed E-state index contributed by atoms with van der Waals surface area (Å²) in [5, 5.41) is 3.15. The van der Waals surface area contributed by atoms with E-state index in [4.69, 9.17) is 4.74 Å². The summed E-state index contributed by atoms with van der Waals surface area (Å²) in [6.07, 6.45) is 1.23. The minimum atomic E-state index is 0.755. The molecule has 0 saturated carbocycles. The highest BCUT2D eigenvalue weighted by atomic mass is 16.5. The molecular formula is C12H24N4O. The third kappa shape index (κ3) is 3.33. The van der Waals surface area contributed by atoms with Gasteiger partial charge in [-0.2, -0.15) is 0 Å². The summed E-state index contributed by atoms with van der Waals surface area (Å²) in [6, 6.07) is 0. The van der Waals surface area contributed by atoms with Crippen molar-refractivity contribution in [1.29, 1.82) is 0 Å². The zero-order chi connectivity index (χ0) is 12.1. The average Bonchev–Trinajstić information content (AvgIpc) is 2.86. The van der Waals surface area contributed by atoms with Crippen molar-refractivity contribution >= 4 is 5.96 Å². The molecule has 0 aromatic heterocycles. The highest BCUT2D eigenvalue weighted by Crippen LogP contribution is 2.15. The van der Waals surface area contributed by atoms with Gasteiger partial charge in [0.2, 0.25) is 0 Å². The van der Waals surface area contributed by atoms with Crippen LogP contribution in [0, 0.1) is 5.92 Å². The first-order valence-electron chi connectivity index (χ1n) is 6.53. The Balaban J connectivity index is 1.73. The van der Waals surface area contributed by atoms with E-state index in [1.54, 1.807) is 0 Å². The first-order valence-corrected chi connectivity index (χ1v) is 6.53. The van der Waals surface area contributed by atoms with E-state index in [0.29, 0.717) is 0 Å². The van der Waals surface area contributed by atoms with E-state index in [1.807, 2.05) is 14.1 Å². The molecule has 2 aliphatic rings. The van der Waals surface area contributed by atoms with Crippen molar-refractivity contribution in [1.82, 2.24) is 15.1 Å². The Morgan fingerprint density at radius 2 is 2.12 bits per heavy atom. The summed E-state index contributed by atoms with van der Waals surface area (Å²) < 4.78 is 5.43. The van der Waals surface area contributed by atoms with Gasteiger partial charge in [-0.1, -0.05) is 0 Å². The summed E-state index contributed by atoms with van der Waals surface area (Å²) in [4.78, 5) is 9.13. The first kappa shape index (κ1) is 12.6. The minimum Gasteiger partial charge on any atom is -0.381 e. The number of nitrogens with zero attached hydrogens (tertiary/aromatic N) is 3. The van der Waals surface area contributed by atoms with Crippen LogP contribution in [-0.4, -0.2) is 75.8 Å². The molecule has 0 bridgehead atoms. The fraction of sp³-hybridized carbons (Fsp3) is 0.917. The van der Waals surface area contributed by atoms with E-state index in [0.717, 1.165) is 51.3 Å². The largest absolute Gasteiger partial charge is 0.381 e. The fourth-order valence-corrected chi connectivity index (χ4v) is 2.65. The van der Waals surface area contributed by atoms with E-state index in [-0.39, 0.29) is 0 Å². The maximum absolute atomic E-state index is 5.43. The lowest BCUT2D eigenvalue weighted by molar-refractivity contribution is 0.139. The van der Waals surface area contributed by atoms with Crippen molar-refractivity contribution in [3.63, 3.8) is 0 Å². The Morgan fingerprint density at radius 1 is 1.35 bits per heavy atom. The quantitative estimate of drug-likeness (QED) is 0.538. The smallest absolute Gasteiger partial charge is 0.193 e. The predicted octanol–water partition coefficient (Wildman–Crippen LogP) is -0.154. The number of aliphatic imine (C=N–C) groups is 1. The Morgan fingerprint density at radius 3 is 2.65 bits per heavy atom. The molecule has 1 N–H and O–H groups in total. The van der Waals surface area contributed by atoms with Crippen molar-refractivity contribution in [2.45, 2.75) is 6.42 Å². The van der Waals surface area contributed by atoms with Crippen LogP contribution in [0.15, 0.2) is 4.99 Å². The van der Waals surface area contributed by atoms with Gasteiger partial charge in [0.05, 0.1) is 6.61 Å². The molecule has 98 valence electrons. The number of guanidine groups is 1. The molecule has 0 aromatic rings. The molecule has 2 heterocycles. The summed E-state index contributed by atoms with van der Waals surface area (Å²) in [6.45, 7) is 7.53. The van der Waals surface area contributed by atoms with Gasteiger partial charge in [-0.05, 0) is 12.3 Å². The second kappa shape index (κ2) is 6.21.